The van der Waals surface area contributed by atoms with Crippen LogP contribution in [0.5, 0.6) is 0 Å². The largest absolute Gasteiger partial charge is 0.339 e. The molecular formula is C15H23N3O3S2. The van der Waals surface area contributed by atoms with Gasteiger partial charge in [0.15, 0.2) is 0 Å². The zero-order chi connectivity index (χ0) is 17.0. The highest BCUT2D eigenvalue weighted by atomic mass is 32.2. The van der Waals surface area contributed by atoms with Gasteiger partial charge in [0, 0.05) is 45.2 Å². The number of carbonyl (C=O) groups is 1. The van der Waals surface area contributed by atoms with E-state index in [1.807, 2.05) is 31.2 Å². The van der Waals surface area contributed by atoms with Crippen molar-refractivity contribution in [1.82, 2.24) is 13.5 Å². The molecule has 0 bridgehead atoms. The maximum atomic E-state index is 12.3. The number of benzene rings is 1. The Bertz CT molecular complexity index is 654. The van der Waals surface area contributed by atoms with E-state index in [-0.39, 0.29) is 5.91 Å². The molecule has 0 aromatic heterocycles. The fourth-order valence-electron chi connectivity index (χ4n) is 2.35. The van der Waals surface area contributed by atoms with Crippen molar-refractivity contribution in [3.8, 4) is 0 Å². The molecule has 6 nitrogen and oxygen atoms in total. The molecule has 0 aliphatic carbocycles. The Hall–Kier alpha value is -1.09. The summed E-state index contributed by atoms with van der Waals surface area (Å²) in [6.07, 6.45) is 0. The Labute approximate surface area is 142 Å². The molecular weight excluding hydrogens is 334 g/mol. The first-order chi connectivity index (χ1) is 10.8. The molecule has 1 saturated heterocycles. The number of hydrogen-bond acceptors (Lipinski definition) is 4. The van der Waals surface area contributed by atoms with Gasteiger partial charge in [-0.25, -0.2) is 0 Å². The van der Waals surface area contributed by atoms with E-state index < -0.39 is 10.2 Å². The maximum Gasteiger partial charge on any atom is 0.281 e. The third-order valence-corrected chi connectivity index (χ3v) is 6.92. The topological polar surface area (TPSA) is 60.9 Å². The van der Waals surface area contributed by atoms with Crippen LogP contribution < -0.4 is 0 Å². The highest BCUT2D eigenvalue weighted by Gasteiger charge is 2.30. The van der Waals surface area contributed by atoms with Crippen LogP contribution >= 0.6 is 11.8 Å². The number of aryl methyl sites for hydroxylation is 1. The SMILES string of the molecule is Cc1ccccc1SCC(=O)N1CCN(S(=O)(=O)N(C)C)CC1. The highest BCUT2D eigenvalue weighted by molar-refractivity contribution is 8.00. The Morgan fingerprint density at radius 1 is 1.17 bits per heavy atom. The fraction of sp³-hybridized carbons (Fsp3) is 0.533. The molecule has 1 aromatic rings. The van der Waals surface area contributed by atoms with Gasteiger partial charge in [-0.3, -0.25) is 4.79 Å². The van der Waals surface area contributed by atoms with Gasteiger partial charge in [0.2, 0.25) is 5.91 Å². The highest BCUT2D eigenvalue weighted by Crippen LogP contribution is 2.22. The molecule has 0 unspecified atom stereocenters. The summed E-state index contributed by atoms with van der Waals surface area (Å²) < 4.78 is 26.7. The Morgan fingerprint density at radius 3 is 2.35 bits per heavy atom. The van der Waals surface area contributed by atoms with Crippen molar-refractivity contribution in [2.45, 2.75) is 11.8 Å². The van der Waals surface area contributed by atoms with Crippen molar-refractivity contribution in [3.63, 3.8) is 0 Å². The number of carbonyl (C=O) groups excluding carboxylic acids is 1. The van der Waals surface area contributed by atoms with E-state index in [0.29, 0.717) is 31.9 Å². The first-order valence-corrected chi connectivity index (χ1v) is 9.84. The van der Waals surface area contributed by atoms with E-state index in [9.17, 15) is 13.2 Å². The van der Waals surface area contributed by atoms with E-state index >= 15 is 0 Å². The van der Waals surface area contributed by atoms with Gasteiger partial charge in [-0.05, 0) is 18.6 Å². The van der Waals surface area contributed by atoms with Gasteiger partial charge >= 0.3 is 0 Å². The van der Waals surface area contributed by atoms with Crippen LogP contribution in [0.15, 0.2) is 29.2 Å². The summed E-state index contributed by atoms with van der Waals surface area (Å²) in [7, 11) is -0.347. The lowest BCUT2D eigenvalue weighted by atomic mass is 10.2. The van der Waals surface area contributed by atoms with Crippen LogP contribution in [0, 0.1) is 6.92 Å². The van der Waals surface area contributed by atoms with E-state index in [1.165, 1.54) is 34.5 Å². The summed E-state index contributed by atoms with van der Waals surface area (Å²) in [5.41, 5.74) is 1.16. The molecule has 128 valence electrons. The second kappa shape index (κ2) is 7.65. The summed E-state index contributed by atoms with van der Waals surface area (Å²) in [4.78, 5) is 15.1. The van der Waals surface area contributed by atoms with Gasteiger partial charge in [-0.1, -0.05) is 18.2 Å². The van der Waals surface area contributed by atoms with Crippen LogP contribution in [-0.4, -0.2) is 73.9 Å². The first-order valence-electron chi connectivity index (χ1n) is 7.46. The maximum absolute atomic E-state index is 12.3. The molecule has 0 radical (unpaired) electrons. The molecule has 0 saturated carbocycles. The van der Waals surface area contributed by atoms with E-state index in [1.54, 1.807) is 4.90 Å². The quantitative estimate of drug-likeness (QED) is 0.739. The number of nitrogens with zero attached hydrogens (tertiary/aromatic N) is 3. The predicted octanol–water partition coefficient (Wildman–Crippen LogP) is 1.04. The minimum Gasteiger partial charge on any atom is -0.339 e. The first kappa shape index (κ1) is 18.3. The van der Waals surface area contributed by atoms with Gasteiger partial charge in [-0.2, -0.15) is 17.0 Å². The third-order valence-electron chi connectivity index (χ3n) is 3.82. The predicted molar refractivity (Wildman–Crippen MR) is 92.7 cm³/mol. The van der Waals surface area contributed by atoms with Crippen LogP contribution in [0.3, 0.4) is 0 Å². The van der Waals surface area contributed by atoms with Crippen molar-refractivity contribution >= 4 is 27.9 Å². The molecule has 0 N–H and O–H groups in total. The van der Waals surface area contributed by atoms with Crippen molar-refractivity contribution in [1.29, 1.82) is 0 Å². The third kappa shape index (κ3) is 4.47. The zero-order valence-electron chi connectivity index (χ0n) is 13.7. The second-order valence-electron chi connectivity index (χ2n) is 5.62. The van der Waals surface area contributed by atoms with Gasteiger partial charge in [0.1, 0.15) is 0 Å². The molecule has 1 heterocycles. The number of amides is 1. The van der Waals surface area contributed by atoms with Crippen LogP contribution in [-0.2, 0) is 15.0 Å². The lowest BCUT2D eigenvalue weighted by molar-refractivity contribution is -0.129. The van der Waals surface area contributed by atoms with Gasteiger partial charge < -0.3 is 4.90 Å². The average molecular weight is 358 g/mol. The molecule has 1 fully saturated rings. The Kier molecular flexibility index (Phi) is 6.07. The smallest absolute Gasteiger partial charge is 0.281 e. The summed E-state index contributed by atoms with van der Waals surface area (Å²) in [5.74, 6) is 0.436. The average Bonchev–Trinajstić information content (AvgIpc) is 2.53. The van der Waals surface area contributed by atoms with Gasteiger partial charge in [-0.15, -0.1) is 11.8 Å². The van der Waals surface area contributed by atoms with E-state index in [2.05, 4.69) is 0 Å². The number of hydrogen-bond donors (Lipinski definition) is 0. The van der Waals surface area contributed by atoms with Crippen LogP contribution in [0.4, 0.5) is 0 Å². The Morgan fingerprint density at radius 2 is 1.78 bits per heavy atom. The minimum atomic E-state index is -3.39. The lowest BCUT2D eigenvalue weighted by Crippen LogP contribution is -2.53. The number of rotatable bonds is 5. The summed E-state index contributed by atoms with van der Waals surface area (Å²) in [5, 5.41) is 0. The molecule has 1 amide bonds. The minimum absolute atomic E-state index is 0.0557. The van der Waals surface area contributed by atoms with Crippen molar-refractivity contribution in [3.05, 3.63) is 29.8 Å². The van der Waals surface area contributed by atoms with Crippen molar-refractivity contribution in [2.75, 3.05) is 46.0 Å². The number of thioether (sulfide) groups is 1. The Balaban J connectivity index is 1.86. The van der Waals surface area contributed by atoms with Crippen LogP contribution in [0.2, 0.25) is 0 Å². The monoisotopic (exact) mass is 357 g/mol. The number of piperazine rings is 1. The summed E-state index contributed by atoms with van der Waals surface area (Å²) in [6.45, 7) is 3.61. The molecule has 0 spiro atoms. The second-order valence-corrected chi connectivity index (χ2v) is 8.78. The van der Waals surface area contributed by atoms with Gasteiger partial charge in [0.25, 0.3) is 10.2 Å². The molecule has 2 rings (SSSR count). The van der Waals surface area contributed by atoms with E-state index in [0.717, 1.165) is 10.5 Å². The molecule has 0 atom stereocenters. The standard InChI is InChI=1S/C15H23N3O3S2/c1-13-6-4-5-7-14(13)22-12-15(19)17-8-10-18(11-9-17)23(20,21)16(2)3/h4-7H,8-12H2,1-3H3. The normalized spacial score (nSPS) is 16.8. The molecule has 1 aromatic carbocycles. The molecule has 23 heavy (non-hydrogen) atoms. The van der Waals surface area contributed by atoms with Gasteiger partial charge in [0.05, 0.1) is 5.75 Å². The molecule has 1 aliphatic heterocycles. The zero-order valence-corrected chi connectivity index (χ0v) is 15.4. The van der Waals surface area contributed by atoms with E-state index in [4.69, 9.17) is 0 Å². The van der Waals surface area contributed by atoms with Crippen LogP contribution in [0.1, 0.15) is 5.56 Å². The molecule has 8 heteroatoms. The summed E-state index contributed by atoms with van der Waals surface area (Å²) >= 11 is 1.53. The lowest BCUT2D eigenvalue weighted by Gasteiger charge is -2.35. The summed E-state index contributed by atoms with van der Waals surface area (Å²) in [6, 6.07) is 7.98. The van der Waals surface area contributed by atoms with Crippen molar-refractivity contribution < 1.29 is 13.2 Å². The molecule has 1 aliphatic rings. The fourth-order valence-corrected chi connectivity index (χ4v) is 4.37. The van der Waals surface area contributed by atoms with Crippen molar-refractivity contribution in [2.24, 2.45) is 0 Å². The van der Waals surface area contributed by atoms with Crippen LogP contribution in [0.25, 0.3) is 0 Å².